The average molecular weight is 361 g/mol. The third kappa shape index (κ3) is 2.00. The van der Waals surface area contributed by atoms with E-state index in [-0.39, 0.29) is 34.2 Å². The van der Waals surface area contributed by atoms with Crippen molar-refractivity contribution in [2.24, 2.45) is 27.9 Å². The second-order valence-electron chi connectivity index (χ2n) is 10.2. The summed E-state index contributed by atoms with van der Waals surface area (Å²) >= 11 is 0. The predicted molar refractivity (Wildman–Crippen MR) is 101 cm³/mol. The van der Waals surface area contributed by atoms with Gasteiger partial charge in [0.1, 0.15) is 5.54 Å². The van der Waals surface area contributed by atoms with Crippen LogP contribution in [-0.2, 0) is 9.53 Å². The van der Waals surface area contributed by atoms with Crippen LogP contribution in [0, 0.1) is 22.2 Å². The van der Waals surface area contributed by atoms with Crippen molar-refractivity contribution in [1.82, 2.24) is 10.2 Å². The molecule has 3 fully saturated rings. The number of rotatable bonds is 3. The lowest BCUT2D eigenvalue weighted by molar-refractivity contribution is -0.222. The number of nitrogens with zero attached hydrogens (tertiary/aromatic N) is 1. The summed E-state index contributed by atoms with van der Waals surface area (Å²) in [6, 6.07) is 1.96. The Labute approximate surface area is 155 Å². The summed E-state index contributed by atoms with van der Waals surface area (Å²) in [7, 11) is 0. The van der Waals surface area contributed by atoms with E-state index in [0.717, 1.165) is 25.1 Å². The first-order valence-corrected chi connectivity index (χ1v) is 9.73. The van der Waals surface area contributed by atoms with Crippen LogP contribution in [0.25, 0.3) is 0 Å². The first-order chi connectivity index (χ1) is 12.0. The van der Waals surface area contributed by atoms with Crippen molar-refractivity contribution in [3.63, 3.8) is 0 Å². The highest BCUT2D eigenvalue weighted by molar-refractivity contribution is 5.99. The molecule has 1 saturated heterocycles. The molecule has 0 bridgehead atoms. The fourth-order valence-corrected chi connectivity index (χ4v) is 5.78. The van der Waals surface area contributed by atoms with Crippen LogP contribution in [0.2, 0.25) is 0 Å². The normalized spacial score (nSPS) is 36.7. The van der Waals surface area contributed by atoms with E-state index >= 15 is 0 Å². The third-order valence-electron chi connectivity index (χ3n) is 8.23. The number of carbonyl (C=O) groups is 1. The molecule has 26 heavy (non-hydrogen) atoms. The van der Waals surface area contributed by atoms with Gasteiger partial charge in [-0.25, -0.2) is 0 Å². The Hall–Kier alpha value is -1.40. The van der Waals surface area contributed by atoms with Crippen molar-refractivity contribution in [3.8, 4) is 0 Å². The zero-order valence-corrected chi connectivity index (χ0v) is 16.8. The van der Waals surface area contributed by atoms with Crippen molar-refractivity contribution in [2.45, 2.75) is 71.9 Å². The molecular weight excluding hydrogens is 328 g/mol. The van der Waals surface area contributed by atoms with Gasteiger partial charge in [-0.05, 0) is 23.7 Å². The van der Waals surface area contributed by atoms with Gasteiger partial charge >= 0.3 is 0 Å². The molecule has 0 spiro atoms. The van der Waals surface area contributed by atoms with Crippen LogP contribution >= 0.6 is 0 Å². The van der Waals surface area contributed by atoms with Gasteiger partial charge in [0.2, 0.25) is 5.91 Å². The number of anilines is 1. The van der Waals surface area contributed by atoms with Gasteiger partial charge in [-0.2, -0.15) is 5.10 Å². The Bertz CT molecular complexity index is 737. The maximum absolute atomic E-state index is 13.1. The molecule has 2 saturated carbocycles. The molecular formula is C20H32N4O2. The molecule has 144 valence electrons. The molecule has 1 aliphatic heterocycles. The van der Waals surface area contributed by atoms with Gasteiger partial charge in [0.05, 0.1) is 6.10 Å². The van der Waals surface area contributed by atoms with Gasteiger partial charge < -0.3 is 15.8 Å². The largest absolute Gasteiger partial charge is 0.377 e. The zero-order chi connectivity index (χ0) is 19.1. The number of nitrogens with two attached hydrogens (primary N) is 1. The lowest BCUT2D eigenvalue weighted by atomic mass is 9.46. The molecule has 4 rings (SSSR count). The molecule has 2 aliphatic carbocycles. The van der Waals surface area contributed by atoms with Crippen molar-refractivity contribution in [2.75, 3.05) is 11.9 Å². The van der Waals surface area contributed by atoms with Crippen LogP contribution < -0.4 is 11.1 Å². The Morgan fingerprint density at radius 3 is 2.50 bits per heavy atom. The van der Waals surface area contributed by atoms with Crippen LogP contribution in [0.3, 0.4) is 0 Å². The lowest BCUT2D eigenvalue weighted by Gasteiger charge is -2.65. The molecule has 3 atom stereocenters. The number of aromatic amines is 1. The van der Waals surface area contributed by atoms with E-state index in [9.17, 15) is 4.79 Å². The molecule has 1 aromatic rings. The first kappa shape index (κ1) is 18.0. The quantitative estimate of drug-likeness (QED) is 0.772. The van der Waals surface area contributed by atoms with Crippen LogP contribution in [0.15, 0.2) is 6.07 Å². The highest BCUT2D eigenvalue weighted by Crippen LogP contribution is 2.73. The molecule has 0 radical (unpaired) electrons. The predicted octanol–water partition coefficient (Wildman–Crippen LogP) is 3.03. The van der Waals surface area contributed by atoms with Crippen LogP contribution in [0.1, 0.15) is 66.0 Å². The maximum atomic E-state index is 13.1. The summed E-state index contributed by atoms with van der Waals surface area (Å²) in [6.07, 6.45) is 1.96. The number of hydrogen-bond donors (Lipinski definition) is 3. The number of aromatic nitrogens is 2. The fraction of sp³-hybridized carbons (Fsp3) is 0.800. The van der Waals surface area contributed by atoms with Gasteiger partial charge in [-0.3, -0.25) is 9.89 Å². The van der Waals surface area contributed by atoms with E-state index in [1.165, 1.54) is 0 Å². The monoisotopic (exact) mass is 360 g/mol. The Morgan fingerprint density at radius 1 is 1.23 bits per heavy atom. The SMILES string of the molecule is CC1(C)C(c2cc(NC(=O)C3(N)C4CCCOC4C3(C)C)n[nH]2)C1(C)C. The van der Waals surface area contributed by atoms with E-state index in [1.807, 2.05) is 19.9 Å². The molecule has 4 N–H and O–H groups in total. The van der Waals surface area contributed by atoms with Gasteiger partial charge in [-0.15, -0.1) is 0 Å². The number of fused-ring (bicyclic) bond motifs is 1. The summed E-state index contributed by atoms with van der Waals surface area (Å²) < 4.78 is 5.90. The van der Waals surface area contributed by atoms with E-state index < -0.39 is 5.54 Å². The van der Waals surface area contributed by atoms with Crippen molar-refractivity contribution in [1.29, 1.82) is 0 Å². The third-order valence-corrected chi connectivity index (χ3v) is 8.23. The van der Waals surface area contributed by atoms with Gasteiger partial charge in [0.15, 0.2) is 5.82 Å². The molecule has 1 amide bonds. The highest BCUT2D eigenvalue weighted by atomic mass is 16.5. The van der Waals surface area contributed by atoms with Crippen LogP contribution in [0.5, 0.6) is 0 Å². The molecule has 3 unspecified atom stereocenters. The summed E-state index contributed by atoms with van der Waals surface area (Å²) in [5.74, 6) is 0.896. The second kappa shape index (κ2) is 5.10. The van der Waals surface area contributed by atoms with Crippen molar-refractivity contribution < 1.29 is 9.53 Å². The molecule has 6 heteroatoms. The Kier molecular flexibility index (Phi) is 3.53. The van der Waals surface area contributed by atoms with Crippen LogP contribution in [0.4, 0.5) is 5.82 Å². The summed E-state index contributed by atoms with van der Waals surface area (Å²) in [5, 5.41) is 10.4. The topological polar surface area (TPSA) is 93.0 Å². The van der Waals surface area contributed by atoms with Gasteiger partial charge in [-0.1, -0.05) is 41.5 Å². The van der Waals surface area contributed by atoms with E-state index in [0.29, 0.717) is 11.7 Å². The molecule has 3 aliphatic rings. The lowest BCUT2D eigenvalue weighted by Crippen LogP contribution is -2.81. The molecule has 0 aromatic carbocycles. The molecule has 2 heterocycles. The second-order valence-corrected chi connectivity index (χ2v) is 10.2. The standard InChI is InChI=1S/C20H32N4O2/c1-17(2)14(18(17,3)4)12-10-13(24-23-12)22-16(25)20(21)11-8-7-9-26-15(11)19(20,5)6/h10-11,14-15H,7-9,21H2,1-6H3,(H2,22,23,24,25). The van der Waals surface area contributed by atoms with E-state index in [1.54, 1.807) is 0 Å². The number of carbonyl (C=O) groups excluding carboxylic acids is 1. The fourth-order valence-electron chi connectivity index (χ4n) is 5.78. The Balaban J connectivity index is 1.51. The number of nitrogens with one attached hydrogen (secondary N) is 2. The Morgan fingerprint density at radius 2 is 1.88 bits per heavy atom. The first-order valence-electron chi connectivity index (χ1n) is 9.73. The van der Waals surface area contributed by atoms with Gasteiger partial charge in [0.25, 0.3) is 0 Å². The number of hydrogen-bond acceptors (Lipinski definition) is 4. The molecule has 6 nitrogen and oxygen atoms in total. The summed E-state index contributed by atoms with van der Waals surface area (Å²) in [4.78, 5) is 13.1. The molecule has 1 aromatic heterocycles. The maximum Gasteiger partial charge on any atom is 0.246 e. The smallest absolute Gasteiger partial charge is 0.246 e. The zero-order valence-electron chi connectivity index (χ0n) is 16.8. The number of amides is 1. The minimum Gasteiger partial charge on any atom is -0.377 e. The van der Waals surface area contributed by atoms with Crippen LogP contribution in [-0.4, -0.2) is 34.4 Å². The van der Waals surface area contributed by atoms with Gasteiger partial charge in [0, 0.05) is 35.6 Å². The van der Waals surface area contributed by atoms with Crippen molar-refractivity contribution >= 4 is 11.7 Å². The van der Waals surface area contributed by atoms with Crippen molar-refractivity contribution in [3.05, 3.63) is 11.8 Å². The summed E-state index contributed by atoms with van der Waals surface area (Å²) in [5.41, 5.74) is 6.87. The minimum absolute atomic E-state index is 0.0646. The highest BCUT2D eigenvalue weighted by Gasteiger charge is 2.70. The number of ether oxygens (including phenoxy) is 1. The van der Waals surface area contributed by atoms with E-state index in [2.05, 4.69) is 43.2 Å². The average Bonchev–Trinajstić information content (AvgIpc) is 2.88. The number of H-pyrrole nitrogens is 1. The summed E-state index contributed by atoms with van der Waals surface area (Å²) in [6.45, 7) is 13.9. The minimum atomic E-state index is -0.921. The van der Waals surface area contributed by atoms with E-state index in [4.69, 9.17) is 10.5 Å².